The fraction of sp³-hybridized carbons (Fsp3) is 0.296. The molecule has 1 heterocycles. The van der Waals surface area contributed by atoms with Gasteiger partial charge in [-0.3, -0.25) is 9.59 Å². The van der Waals surface area contributed by atoms with Crippen LogP contribution in [0.15, 0.2) is 52.9 Å². The number of nitrogens with one attached hydrogen (secondary N) is 1. The number of carbonyl (C=O) groups excluding carboxylic acids is 2. The van der Waals surface area contributed by atoms with Gasteiger partial charge >= 0.3 is 0 Å². The van der Waals surface area contributed by atoms with E-state index in [0.717, 1.165) is 34.6 Å². The van der Waals surface area contributed by atoms with Crippen LogP contribution in [0.1, 0.15) is 58.2 Å². The predicted molar refractivity (Wildman–Crippen MR) is 128 cm³/mol. The maximum Gasteiger partial charge on any atom is 0.253 e. The van der Waals surface area contributed by atoms with Gasteiger partial charge in [-0.15, -0.1) is 0 Å². The molecule has 0 bridgehead atoms. The number of nitrogens with zero attached hydrogens (tertiary/aromatic N) is 2. The second-order valence-corrected chi connectivity index (χ2v) is 8.23. The van der Waals surface area contributed by atoms with Gasteiger partial charge in [0.15, 0.2) is 5.89 Å². The molecule has 0 saturated carbocycles. The molecule has 33 heavy (non-hydrogen) atoms. The van der Waals surface area contributed by atoms with Crippen molar-refractivity contribution in [1.29, 1.82) is 0 Å². The monoisotopic (exact) mass is 443 g/mol. The van der Waals surface area contributed by atoms with E-state index in [-0.39, 0.29) is 17.9 Å². The molecule has 0 saturated heterocycles. The molecule has 6 nitrogen and oxygen atoms in total. The van der Waals surface area contributed by atoms with Crippen LogP contribution in [-0.2, 0) is 17.8 Å². The van der Waals surface area contributed by atoms with Crippen molar-refractivity contribution in [1.82, 2.24) is 15.2 Å². The molecule has 1 unspecified atom stereocenters. The van der Waals surface area contributed by atoms with E-state index in [2.05, 4.69) is 22.1 Å². The van der Waals surface area contributed by atoms with Crippen molar-refractivity contribution in [2.75, 3.05) is 7.05 Å². The molecule has 1 N–H and O–H groups in total. The van der Waals surface area contributed by atoms with E-state index in [1.165, 1.54) is 6.92 Å². The van der Waals surface area contributed by atoms with Crippen molar-refractivity contribution in [3.05, 3.63) is 88.1 Å². The first kappa shape index (κ1) is 23.8. The Labute approximate surface area is 195 Å². The molecule has 3 rings (SSSR count). The summed E-state index contributed by atoms with van der Waals surface area (Å²) in [5.74, 6) is 7.48. The predicted octanol–water partition coefficient (Wildman–Crippen LogP) is 4.03. The topological polar surface area (TPSA) is 75.4 Å². The Kier molecular flexibility index (Phi) is 7.68. The summed E-state index contributed by atoms with van der Waals surface area (Å²) in [6, 6.07) is 15.4. The molecular formula is C27H29N3O3. The standard InChI is InChI=1S/C27H29N3O3/c1-18(28-20(3)31)15-24-13-10-22(11-14-24)9-12-23-7-6-8-25(16-23)27(32)30(5)17-26-19(2)33-21(4)29-26/h6-8,10-11,13-14,16,18H,15,17H2,1-5H3,(H,28,31). The number of oxazole rings is 1. The van der Waals surface area contributed by atoms with Crippen molar-refractivity contribution in [3.8, 4) is 11.8 Å². The molecule has 0 aliphatic heterocycles. The summed E-state index contributed by atoms with van der Waals surface area (Å²) in [7, 11) is 1.75. The number of hydrogen-bond donors (Lipinski definition) is 1. The maximum absolute atomic E-state index is 12.9. The average molecular weight is 444 g/mol. The van der Waals surface area contributed by atoms with Crippen LogP contribution in [0.4, 0.5) is 0 Å². The number of hydrogen-bond acceptors (Lipinski definition) is 4. The Morgan fingerprint density at radius 1 is 1.09 bits per heavy atom. The van der Waals surface area contributed by atoms with Gasteiger partial charge in [0, 0.05) is 43.6 Å². The lowest BCUT2D eigenvalue weighted by molar-refractivity contribution is -0.119. The van der Waals surface area contributed by atoms with E-state index in [1.54, 1.807) is 31.0 Å². The maximum atomic E-state index is 12.9. The quantitative estimate of drug-likeness (QED) is 0.584. The van der Waals surface area contributed by atoms with Crippen LogP contribution in [0.25, 0.3) is 0 Å². The molecule has 1 atom stereocenters. The van der Waals surface area contributed by atoms with Crippen LogP contribution in [-0.4, -0.2) is 34.8 Å². The molecule has 0 aliphatic rings. The summed E-state index contributed by atoms with van der Waals surface area (Å²) in [4.78, 5) is 30.0. The largest absolute Gasteiger partial charge is 0.446 e. The highest BCUT2D eigenvalue weighted by atomic mass is 16.4. The fourth-order valence-electron chi connectivity index (χ4n) is 3.59. The molecular weight excluding hydrogens is 414 g/mol. The van der Waals surface area contributed by atoms with E-state index in [9.17, 15) is 9.59 Å². The molecule has 0 fully saturated rings. The third kappa shape index (κ3) is 6.81. The molecule has 0 radical (unpaired) electrons. The summed E-state index contributed by atoms with van der Waals surface area (Å²) < 4.78 is 5.45. The summed E-state index contributed by atoms with van der Waals surface area (Å²) in [6.07, 6.45) is 0.762. The number of benzene rings is 2. The Bertz CT molecular complexity index is 1200. The second kappa shape index (κ2) is 10.6. The van der Waals surface area contributed by atoms with Crippen LogP contribution in [0, 0.1) is 25.7 Å². The third-order valence-corrected chi connectivity index (χ3v) is 5.14. The zero-order valence-corrected chi connectivity index (χ0v) is 19.7. The first-order chi connectivity index (χ1) is 15.7. The van der Waals surface area contributed by atoms with E-state index < -0.39 is 0 Å². The van der Waals surface area contributed by atoms with Crippen molar-refractivity contribution < 1.29 is 14.0 Å². The number of carbonyl (C=O) groups is 2. The smallest absolute Gasteiger partial charge is 0.253 e. The van der Waals surface area contributed by atoms with Gasteiger partial charge in [-0.1, -0.05) is 30.0 Å². The Balaban J connectivity index is 1.66. The van der Waals surface area contributed by atoms with Gasteiger partial charge in [-0.2, -0.15) is 0 Å². The van der Waals surface area contributed by atoms with E-state index >= 15 is 0 Å². The molecule has 170 valence electrons. The number of aryl methyl sites for hydroxylation is 2. The fourth-order valence-corrected chi connectivity index (χ4v) is 3.59. The van der Waals surface area contributed by atoms with Gasteiger partial charge in [0.1, 0.15) is 11.5 Å². The minimum absolute atomic E-state index is 0.0275. The molecule has 2 aromatic carbocycles. The molecule has 6 heteroatoms. The first-order valence-corrected chi connectivity index (χ1v) is 10.9. The second-order valence-electron chi connectivity index (χ2n) is 8.23. The minimum atomic E-state index is -0.101. The van der Waals surface area contributed by atoms with Gasteiger partial charge in [-0.25, -0.2) is 4.98 Å². The first-order valence-electron chi connectivity index (χ1n) is 10.9. The summed E-state index contributed by atoms with van der Waals surface area (Å²) in [6.45, 7) is 7.52. The van der Waals surface area contributed by atoms with E-state index in [4.69, 9.17) is 4.42 Å². The van der Waals surface area contributed by atoms with Gasteiger partial charge in [0.25, 0.3) is 5.91 Å². The Hall–Kier alpha value is -3.85. The normalized spacial score (nSPS) is 11.3. The van der Waals surface area contributed by atoms with Crippen LogP contribution in [0.5, 0.6) is 0 Å². The van der Waals surface area contributed by atoms with Crippen LogP contribution in [0.3, 0.4) is 0 Å². The lowest BCUT2D eigenvalue weighted by Gasteiger charge is -2.16. The van der Waals surface area contributed by atoms with Crippen LogP contribution >= 0.6 is 0 Å². The third-order valence-electron chi connectivity index (χ3n) is 5.14. The highest BCUT2D eigenvalue weighted by Gasteiger charge is 2.16. The SMILES string of the molecule is CC(=O)NC(C)Cc1ccc(C#Cc2cccc(C(=O)N(C)Cc3nc(C)oc3C)c2)cc1. The molecule has 0 spiro atoms. The molecule has 2 amide bonds. The van der Waals surface area contributed by atoms with Gasteiger partial charge in [0.2, 0.25) is 5.91 Å². The zero-order valence-electron chi connectivity index (χ0n) is 19.7. The number of aromatic nitrogens is 1. The van der Waals surface area contributed by atoms with Crippen molar-refractivity contribution in [2.24, 2.45) is 0 Å². The number of amides is 2. The summed E-state index contributed by atoms with van der Waals surface area (Å²) >= 11 is 0. The van der Waals surface area contributed by atoms with Crippen molar-refractivity contribution in [3.63, 3.8) is 0 Å². The van der Waals surface area contributed by atoms with Crippen molar-refractivity contribution >= 4 is 11.8 Å². The van der Waals surface area contributed by atoms with Crippen LogP contribution in [0.2, 0.25) is 0 Å². The highest BCUT2D eigenvalue weighted by Crippen LogP contribution is 2.14. The Morgan fingerprint density at radius 2 is 1.79 bits per heavy atom. The lowest BCUT2D eigenvalue weighted by atomic mass is 10.0. The molecule has 3 aromatic rings. The van der Waals surface area contributed by atoms with Gasteiger partial charge < -0.3 is 14.6 Å². The Morgan fingerprint density at radius 3 is 2.42 bits per heavy atom. The minimum Gasteiger partial charge on any atom is -0.446 e. The van der Waals surface area contributed by atoms with Gasteiger partial charge in [0.05, 0.1) is 6.54 Å². The lowest BCUT2D eigenvalue weighted by Crippen LogP contribution is -2.31. The van der Waals surface area contributed by atoms with E-state index in [0.29, 0.717) is 18.0 Å². The highest BCUT2D eigenvalue weighted by molar-refractivity contribution is 5.94. The van der Waals surface area contributed by atoms with E-state index in [1.807, 2.05) is 50.2 Å². The molecule has 0 aliphatic carbocycles. The average Bonchev–Trinajstić information content (AvgIpc) is 3.08. The summed E-state index contributed by atoms with van der Waals surface area (Å²) in [5.41, 5.74) is 4.12. The van der Waals surface area contributed by atoms with Crippen LogP contribution < -0.4 is 5.32 Å². The summed E-state index contributed by atoms with van der Waals surface area (Å²) in [5, 5.41) is 2.89. The zero-order chi connectivity index (χ0) is 24.0. The van der Waals surface area contributed by atoms with Crippen molar-refractivity contribution in [2.45, 2.75) is 46.7 Å². The van der Waals surface area contributed by atoms with Gasteiger partial charge in [-0.05, 0) is 56.2 Å². The molecule has 1 aromatic heterocycles. The number of rotatable bonds is 6.